The maximum atomic E-state index is 13.0. The van der Waals surface area contributed by atoms with Crippen LogP contribution in [-0.2, 0) is 9.59 Å². The molecule has 1 atom stereocenters. The summed E-state index contributed by atoms with van der Waals surface area (Å²) in [7, 11) is 3.92. The van der Waals surface area contributed by atoms with Gasteiger partial charge in [-0.05, 0) is 74.9 Å². The number of rotatable bonds is 9. The van der Waals surface area contributed by atoms with Crippen LogP contribution in [0.15, 0.2) is 54.4 Å². The molecule has 0 saturated carbocycles. The molecule has 0 aliphatic carbocycles. The molecule has 3 rings (SSSR count). The number of pyridine rings is 1. The maximum Gasteiger partial charge on any atom is 0.295 e. The summed E-state index contributed by atoms with van der Waals surface area (Å²) in [5, 5.41) is 11.1. The number of aromatic nitrogens is 1. The zero-order valence-corrected chi connectivity index (χ0v) is 19.1. The molecule has 1 amide bonds. The van der Waals surface area contributed by atoms with Gasteiger partial charge >= 0.3 is 0 Å². The summed E-state index contributed by atoms with van der Waals surface area (Å²) in [6, 6.07) is 9.80. The highest BCUT2D eigenvalue weighted by molar-refractivity contribution is 6.46. The highest BCUT2D eigenvalue weighted by atomic mass is 16.5. The molecule has 1 aromatic heterocycles. The zero-order valence-electron chi connectivity index (χ0n) is 19.1. The Balaban J connectivity index is 1.96. The molecule has 2 heterocycles. The van der Waals surface area contributed by atoms with Gasteiger partial charge in [-0.25, -0.2) is 0 Å². The molecule has 7 nitrogen and oxygen atoms in total. The molecule has 0 bridgehead atoms. The lowest BCUT2D eigenvalue weighted by Crippen LogP contribution is -2.32. The van der Waals surface area contributed by atoms with Crippen LogP contribution in [0.4, 0.5) is 0 Å². The van der Waals surface area contributed by atoms with Gasteiger partial charge < -0.3 is 19.6 Å². The van der Waals surface area contributed by atoms with Gasteiger partial charge in [0.2, 0.25) is 0 Å². The highest BCUT2D eigenvalue weighted by Gasteiger charge is 2.45. The van der Waals surface area contributed by atoms with Gasteiger partial charge in [-0.1, -0.05) is 13.8 Å². The van der Waals surface area contributed by atoms with Crippen LogP contribution in [0.25, 0.3) is 5.76 Å². The fraction of sp³-hybridized carbons (Fsp3) is 0.400. The average molecular weight is 438 g/mol. The highest BCUT2D eigenvalue weighted by Crippen LogP contribution is 2.39. The van der Waals surface area contributed by atoms with Crippen molar-refractivity contribution in [2.45, 2.75) is 26.3 Å². The van der Waals surface area contributed by atoms with Gasteiger partial charge in [0.25, 0.3) is 11.7 Å². The van der Waals surface area contributed by atoms with Crippen molar-refractivity contribution in [2.75, 3.05) is 33.8 Å². The molecule has 1 aromatic carbocycles. The molecule has 1 N–H and O–H groups in total. The van der Waals surface area contributed by atoms with Crippen molar-refractivity contribution in [1.29, 1.82) is 0 Å². The lowest BCUT2D eigenvalue weighted by atomic mass is 9.96. The molecule has 0 radical (unpaired) electrons. The van der Waals surface area contributed by atoms with E-state index in [-0.39, 0.29) is 11.3 Å². The zero-order chi connectivity index (χ0) is 23.3. The van der Waals surface area contributed by atoms with Crippen molar-refractivity contribution in [2.24, 2.45) is 5.92 Å². The second kappa shape index (κ2) is 10.4. The van der Waals surface area contributed by atoms with Crippen molar-refractivity contribution in [3.8, 4) is 5.75 Å². The van der Waals surface area contributed by atoms with Crippen molar-refractivity contribution in [3.05, 3.63) is 65.5 Å². The maximum absolute atomic E-state index is 13.0. The number of aliphatic hydroxyl groups excluding tert-OH is 1. The molecular formula is C25H31N3O4. The molecule has 170 valence electrons. The van der Waals surface area contributed by atoms with Gasteiger partial charge in [0.05, 0.1) is 18.2 Å². The number of carbonyl (C=O) groups is 2. The summed E-state index contributed by atoms with van der Waals surface area (Å²) >= 11 is 0. The topological polar surface area (TPSA) is 83.0 Å². The molecule has 7 heteroatoms. The van der Waals surface area contributed by atoms with Crippen LogP contribution in [0.5, 0.6) is 5.75 Å². The third-order valence-corrected chi connectivity index (χ3v) is 5.28. The Morgan fingerprint density at radius 1 is 1.12 bits per heavy atom. The monoisotopic (exact) mass is 437 g/mol. The van der Waals surface area contributed by atoms with Crippen molar-refractivity contribution < 1.29 is 19.4 Å². The number of amides is 1. The lowest BCUT2D eigenvalue weighted by molar-refractivity contribution is -0.139. The summed E-state index contributed by atoms with van der Waals surface area (Å²) in [6.45, 7) is 5.91. The van der Waals surface area contributed by atoms with E-state index in [4.69, 9.17) is 4.74 Å². The fourth-order valence-electron chi connectivity index (χ4n) is 3.69. The predicted molar refractivity (Wildman–Crippen MR) is 123 cm³/mol. The van der Waals surface area contributed by atoms with Crippen molar-refractivity contribution >= 4 is 17.4 Å². The summed E-state index contributed by atoms with van der Waals surface area (Å²) in [5.74, 6) is -0.369. The summed E-state index contributed by atoms with van der Waals surface area (Å²) in [6.07, 6.45) is 3.95. The number of ether oxygens (including phenoxy) is 1. The van der Waals surface area contributed by atoms with Crippen molar-refractivity contribution in [1.82, 2.24) is 14.8 Å². The van der Waals surface area contributed by atoms with E-state index in [2.05, 4.69) is 18.8 Å². The Bertz CT molecular complexity index is 968. The van der Waals surface area contributed by atoms with Crippen LogP contribution >= 0.6 is 0 Å². The standard InChI is InChI=1S/C25H31N3O4/c1-17(2)16-32-20-8-6-19(7-9-20)23(29)21-22(18-10-12-26-13-11-18)28(25(31)24(21)30)15-5-14-27(3)4/h6-13,17,22,29H,5,14-16H2,1-4H3. The van der Waals surface area contributed by atoms with Crippen molar-refractivity contribution in [3.63, 3.8) is 0 Å². The van der Waals surface area contributed by atoms with Gasteiger partial charge in [-0.2, -0.15) is 0 Å². The SMILES string of the molecule is CC(C)COc1ccc(C(O)=C2C(=O)C(=O)N(CCCN(C)C)C2c2ccncc2)cc1. The molecule has 32 heavy (non-hydrogen) atoms. The number of likely N-dealkylation sites (tertiary alicyclic amines) is 1. The molecule has 1 aliphatic heterocycles. The fourth-order valence-corrected chi connectivity index (χ4v) is 3.69. The van der Waals surface area contributed by atoms with E-state index < -0.39 is 17.7 Å². The first-order valence-electron chi connectivity index (χ1n) is 10.9. The minimum absolute atomic E-state index is 0.0990. The number of hydrogen-bond acceptors (Lipinski definition) is 6. The molecule has 1 unspecified atom stereocenters. The van der Waals surface area contributed by atoms with E-state index >= 15 is 0 Å². The second-order valence-electron chi connectivity index (χ2n) is 8.66. The summed E-state index contributed by atoms with van der Waals surface area (Å²) in [4.78, 5) is 33.5. The first-order valence-corrected chi connectivity index (χ1v) is 10.9. The van der Waals surface area contributed by atoms with Crippen LogP contribution < -0.4 is 4.74 Å². The van der Waals surface area contributed by atoms with Crippen LogP contribution in [-0.4, -0.2) is 65.4 Å². The normalized spacial score (nSPS) is 18.1. The van der Waals surface area contributed by atoms with Crippen LogP contribution in [0, 0.1) is 5.92 Å². The smallest absolute Gasteiger partial charge is 0.295 e. The number of benzene rings is 1. The van der Waals surface area contributed by atoms with E-state index in [0.717, 1.165) is 12.1 Å². The second-order valence-corrected chi connectivity index (χ2v) is 8.66. The number of carbonyl (C=O) groups excluding carboxylic acids is 2. The van der Waals surface area contributed by atoms with E-state index in [1.165, 1.54) is 0 Å². The third kappa shape index (κ3) is 5.34. The van der Waals surface area contributed by atoms with E-state index in [1.54, 1.807) is 53.7 Å². The number of nitrogens with zero attached hydrogens (tertiary/aromatic N) is 3. The van der Waals surface area contributed by atoms with E-state index in [0.29, 0.717) is 36.8 Å². The molecule has 2 aromatic rings. The van der Waals surface area contributed by atoms with E-state index in [1.807, 2.05) is 19.0 Å². The summed E-state index contributed by atoms with van der Waals surface area (Å²) in [5.41, 5.74) is 1.30. The number of aliphatic hydroxyl groups is 1. The number of Topliss-reactive ketones (excluding diaryl/α,β-unsaturated/α-hetero) is 1. The minimum atomic E-state index is -0.672. The Labute approximate surface area is 189 Å². The van der Waals surface area contributed by atoms with Gasteiger partial charge in [-0.3, -0.25) is 14.6 Å². The summed E-state index contributed by atoms with van der Waals surface area (Å²) < 4.78 is 5.70. The van der Waals surface area contributed by atoms with Crippen LogP contribution in [0.2, 0.25) is 0 Å². The van der Waals surface area contributed by atoms with Gasteiger partial charge in [0, 0.05) is 24.5 Å². The average Bonchev–Trinajstić information content (AvgIpc) is 3.03. The Kier molecular flexibility index (Phi) is 7.64. The third-order valence-electron chi connectivity index (χ3n) is 5.28. The molecule has 1 aliphatic rings. The Morgan fingerprint density at radius 2 is 1.78 bits per heavy atom. The van der Waals surface area contributed by atoms with E-state index in [9.17, 15) is 14.7 Å². The lowest BCUT2D eigenvalue weighted by Gasteiger charge is -2.25. The molecule has 0 spiro atoms. The molecule has 1 saturated heterocycles. The minimum Gasteiger partial charge on any atom is -0.507 e. The Morgan fingerprint density at radius 3 is 2.38 bits per heavy atom. The predicted octanol–water partition coefficient (Wildman–Crippen LogP) is 3.49. The van der Waals surface area contributed by atoms with Gasteiger partial charge in [-0.15, -0.1) is 0 Å². The first kappa shape index (κ1) is 23.5. The van der Waals surface area contributed by atoms with Crippen LogP contribution in [0.1, 0.15) is 37.4 Å². The Hall–Kier alpha value is -3.19. The van der Waals surface area contributed by atoms with Crippen LogP contribution in [0.3, 0.4) is 0 Å². The molecule has 1 fully saturated rings. The quantitative estimate of drug-likeness (QED) is 0.367. The largest absolute Gasteiger partial charge is 0.507 e. The number of ketones is 1. The first-order chi connectivity index (χ1) is 15.3. The van der Waals surface area contributed by atoms with Gasteiger partial charge in [0.15, 0.2) is 0 Å². The molecular weight excluding hydrogens is 406 g/mol. The number of hydrogen-bond donors (Lipinski definition) is 1. The van der Waals surface area contributed by atoms with Gasteiger partial charge in [0.1, 0.15) is 11.5 Å².